The number of benzene rings is 2. The number of rotatable bonds is 6. The molecule has 0 atom stereocenters. The van der Waals surface area contributed by atoms with Gasteiger partial charge in [-0.2, -0.15) is 5.26 Å². The molecule has 2 N–H and O–H groups in total. The summed E-state index contributed by atoms with van der Waals surface area (Å²) >= 11 is 0. The first-order chi connectivity index (χ1) is 13.5. The first-order valence-corrected chi connectivity index (χ1v) is 8.71. The van der Waals surface area contributed by atoms with Crippen LogP contribution in [-0.2, 0) is 0 Å². The maximum atomic E-state index is 12.3. The fraction of sp³-hybridized carbons (Fsp3) is 0.143. The summed E-state index contributed by atoms with van der Waals surface area (Å²) in [6.07, 6.45) is 2.91. The van der Waals surface area contributed by atoms with Crippen molar-refractivity contribution in [2.75, 3.05) is 10.6 Å². The van der Waals surface area contributed by atoms with Crippen LogP contribution in [0, 0.1) is 11.3 Å². The van der Waals surface area contributed by atoms with Crippen molar-refractivity contribution in [2.45, 2.75) is 20.0 Å². The Labute approximate surface area is 163 Å². The number of nitrogens with zero attached hydrogens (tertiary/aromatic N) is 3. The molecule has 140 valence electrons. The van der Waals surface area contributed by atoms with E-state index in [1.54, 1.807) is 42.5 Å². The van der Waals surface area contributed by atoms with E-state index in [1.807, 2.05) is 19.9 Å². The van der Waals surface area contributed by atoms with Crippen LogP contribution in [0.3, 0.4) is 0 Å². The van der Waals surface area contributed by atoms with Gasteiger partial charge in [-0.1, -0.05) is 12.1 Å². The number of ether oxygens (including phenoxy) is 1. The molecule has 0 radical (unpaired) electrons. The highest BCUT2D eigenvalue weighted by molar-refractivity contribution is 6.02. The van der Waals surface area contributed by atoms with E-state index in [1.165, 1.54) is 12.4 Å². The van der Waals surface area contributed by atoms with Gasteiger partial charge in [0, 0.05) is 5.69 Å². The Morgan fingerprint density at radius 3 is 2.46 bits per heavy atom. The lowest BCUT2D eigenvalue weighted by atomic mass is 10.2. The van der Waals surface area contributed by atoms with Gasteiger partial charge in [-0.05, 0) is 50.2 Å². The zero-order valence-corrected chi connectivity index (χ0v) is 15.5. The van der Waals surface area contributed by atoms with Gasteiger partial charge in [-0.25, -0.2) is 9.97 Å². The quantitative estimate of drug-likeness (QED) is 0.674. The molecule has 3 aromatic rings. The third-order valence-corrected chi connectivity index (χ3v) is 3.68. The number of hydrogen-bond donors (Lipinski definition) is 2. The van der Waals surface area contributed by atoms with Crippen molar-refractivity contribution in [3.63, 3.8) is 0 Å². The standard InChI is InChI=1S/C21H19N5O2/c1-14(2)28-17-9-7-16(8-10-17)25-21(27)19-12-24-20(13-23-19)26-18-6-4-3-5-15(18)11-22/h3-10,12-14H,1-2H3,(H,24,26)(H,25,27). The van der Waals surface area contributed by atoms with Crippen LogP contribution in [0.5, 0.6) is 5.75 Å². The van der Waals surface area contributed by atoms with Crippen molar-refractivity contribution < 1.29 is 9.53 Å². The molecule has 2 aromatic carbocycles. The minimum atomic E-state index is -0.367. The van der Waals surface area contributed by atoms with Crippen molar-refractivity contribution in [2.24, 2.45) is 0 Å². The fourth-order valence-electron chi connectivity index (χ4n) is 2.42. The van der Waals surface area contributed by atoms with Gasteiger partial charge >= 0.3 is 0 Å². The molecule has 3 rings (SSSR count). The molecule has 0 saturated carbocycles. The normalized spacial score (nSPS) is 10.2. The molecule has 1 heterocycles. The summed E-state index contributed by atoms with van der Waals surface area (Å²) < 4.78 is 5.58. The lowest BCUT2D eigenvalue weighted by molar-refractivity contribution is 0.102. The zero-order valence-electron chi connectivity index (χ0n) is 15.5. The highest BCUT2D eigenvalue weighted by Gasteiger charge is 2.10. The summed E-state index contributed by atoms with van der Waals surface area (Å²) in [5.41, 5.74) is 1.94. The van der Waals surface area contributed by atoms with Gasteiger partial charge in [-0.3, -0.25) is 4.79 Å². The minimum Gasteiger partial charge on any atom is -0.491 e. The number of aromatic nitrogens is 2. The van der Waals surface area contributed by atoms with Crippen molar-refractivity contribution in [3.8, 4) is 11.8 Å². The smallest absolute Gasteiger partial charge is 0.275 e. The van der Waals surface area contributed by atoms with Crippen molar-refractivity contribution in [1.82, 2.24) is 9.97 Å². The van der Waals surface area contributed by atoms with E-state index in [2.05, 4.69) is 26.7 Å². The number of nitriles is 1. The molecular weight excluding hydrogens is 354 g/mol. The second-order valence-corrected chi connectivity index (χ2v) is 6.21. The van der Waals surface area contributed by atoms with Crippen molar-refractivity contribution >= 4 is 23.1 Å². The highest BCUT2D eigenvalue weighted by atomic mass is 16.5. The van der Waals surface area contributed by atoms with Crippen LogP contribution in [0.25, 0.3) is 0 Å². The lowest BCUT2D eigenvalue weighted by Crippen LogP contribution is -2.14. The number of para-hydroxylation sites is 1. The van der Waals surface area contributed by atoms with Crippen LogP contribution in [0.1, 0.15) is 29.9 Å². The van der Waals surface area contributed by atoms with E-state index in [0.717, 1.165) is 5.75 Å². The fourth-order valence-corrected chi connectivity index (χ4v) is 2.42. The lowest BCUT2D eigenvalue weighted by Gasteiger charge is -2.10. The Hall–Kier alpha value is -3.92. The molecule has 28 heavy (non-hydrogen) atoms. The molecule has 1 amide bonds. The van der Waals surface area contributed by atoms with Crippen LogP contribution >= 0.6 is 0 Å². The monoisotopic (exact) mass is 373 g/mol. The molecule has 0 saturated heterocycles. The first kappa shape index (κ1) is 18.9. The van der Waals surface area contributed by atoms with E-state index in [4.69, 9.17) is 10.00 Å². The van der Waals surface area contributed by atoms with Crippen LogP contribution in [0.15, 0.2) is 60.9 Å². The van der Waals surface area contributed by atoms with E-state index >= 15 is 0 Å². The molecule has 7 nitrogen and oxygen atoms in total. The predicted molar refractivity (Wildman–Crippen MR) is 107 cm³/mol. The van der Waals surface area contributed by atoms with Crippen molar-refractivity contribution in [3.05, 3.63) is 72.2 Å². The van der Waals surface area contributed by atoms with Gasteiger partial charge < -0.3 is 15.4 Å². The summed E-state index contributed by atoms with van der Waals surface area (Å²) in [5.74, 6) is 0.810. The van der Waals surface area contributed by atoms with Crippen LogP contribution in [0.2, 0.25) is 0 Å². The number of carbonyl (C=O) groups excluding carboxylic acids is 1. The molecule has 0 unspecified atom stereocenters. The molecule has 0 fully saturated rings. The number of carbonyl (C=O) groups is 1. The summed E-state index contributed by atoms with van der Waals surface area (Å²) in [6.45, 7) is 3.90. The number of anilines is 3. The van der Waals surface area contributed by atoms with Crippen LogP contribution in [-0.4, -0.2) is 22.0 Å². The molecule has 0 spiro atoms. The zero-order chi connectivity index (χ0) is 19.9. The number of hydrogen-bond acceptors (Lipinski definition) is 6. The third kappa shape index (κ3) is 4.83. The minimum absolute atomic E-state index is 0.0861. The van der Waals surface area contributed by atoms with Crippen LogP contribution in [0.4, 0.5) is 17.2 Å². The van der Waals surface area contributed by atoms with Gasteiger partial charge in [-0.15, -0.1) is 0 Å². The molecule has 0 bridgehead atoms. The Morgan fingerprint density at radius 1 is 1.07 bits per heavy atom. The van der Waals surface area contributed by atoms with Gasteiger partial charge in [0.05, 0.1) is 29.7 Å². The Morgan fingerprint density at radius 2 is 1.82 bits per heavy atom. The third-order valence-electron chi connectivity index (χ3n) is 3.68. The Kier molecular flexibility index (Phi) is 5.82. The average Bonchev–Trinajstić information content (AvgIpc) is 2.70. The molecular formula is C21H19N5O2. The second-order valence-electron chi connectivity index (χ2n) is 6.21. The predicted octanol–water partition coefficient (Wildman–Crippen LogP) is 4.13. The van der Waals surface area contributed by atoms with E-state index in [0.29, 0.717) is 22.8 Å². The van der Waals surface area contributed by atoms with Gasteiger partial charge in [0.1, 0.15) is 23.3 Å². The second kappa shape index (κ2) is 8.64. The van der Waals surface area contributed by atoms with Crippen molar-refractivity contribution in [1.29, 1.82) is 5.26 Å². The average molecular weight is 373 g/mol. The van der Waals surface area contributed by atoms with Gasteiger partial charge in [0.2, 0.25) is 0 Å². The first-order valence-electron chi connectivity index (χ1n) is 8.71. The SMILES string of the molecule is CC(C)Oc1ccc(NC(=O)c2cnc(Nc3ccccc3C#N)cn2)cc1. The molecule has 0 aliphatic heterocycles. The highest BCUT2D eigenvalue weighted by Crippen LogP contribution is 2.19. The number of amides is 1. The van der Waals surface area contributed by atoms with E-state index in [-0.39, 0.29) is 17.7 Å². The topological polar surface area (TPSA) is 99.9 Å². The van der Waals surface area contributed by atoms with Gasteiger partial charge in [0.25, 0.3) is 5.91 Å². The summed E-state index contributed by atoms with van der Waals surface area (Å²) in [4.78, 5) is 20.7. The Bertz CT molecular complexity index is 993. The molecule has 0 aliphatic rings. The van der Waals surface area contributed by atoms with E-state index < -0.39 is 0 Å². The molecule has 7 heteroatoms. The summed E-state index contributed by atoms with van der Waals surface area (Å²) in [6, 6.07) is 16.3. The summed E-state index contributed by atoms with van der Waals surface area (Å²) in [5, 5.41) is 14.9. The Balaban J connectivity index is 1.64. The molecule has 0 aliphatic carbocycles. The maximum Gasteiger partial charge on any atom is 0.275 e. The van der Waals surface area contributed by atoms with E-state index in [9.17, 15) is 4.79 Å². The maximum absolute atomic E-state index is 12.3. The number of nitrogens with one attached hydrogen (secondary N) is 2. The largest absolute Gasteiger partial charge is 0.491 e. The van der Waals surface area contributed by atoms with Crippen LogP contribution < -0.4 is 15.4 Å². The summed E-state index contributed by atoms with van der Waals surface area (Å²) in [7, 11) is 0. The molecule has 1 aromatic heterocycles. The van der Waals surface area contributed by atoms with Gasteiger partial charge in [0.15, 0.2) is 0 Å².